The molecule has 1 aromatic heterocycles. The summed E-state index contributed by atoms with van der Waals surface area (Å²) >= 11 is 12.5. The van der Waals surface area contributed by atoms with Crippen molar-refractivity contribution in [2.75, 3.05) is 6.54 Å². The number of rotatable bonds is 10. The molecule has 4 atom stereocenters. The van der Waals surface area contributed by atoms with Gasteiger partial charge in [-0.25, -0.2) is 13.1 Å². The molecule has 4 rings (SSSR count). The van der Waals surface area contributed by atoms with E-state index >= 15 is 0 Å². The monoisotopic (exact) mass is 567 g/mol. The van der Waals surface area contributed by atoms with Gasteiger partial charge in [0.25, 0.3) is 0 Å². The molecule has 1 aliphatic carbocycles. The Morgan fingerprint density at radius 3 is 2.43 bits per heavy atom. The number of nitrogens with zero attached hydrogens (tertiary/aromatic N) is 2. The Hall–Kier alpha value is -2.20. The van der Waals surface area contributed by atoms with Crippen LogP contribution in [0.4, 0.5) is 0 Å². The fourth-order valence-electron chi connectivity index (χ4n) is 5.32. The Bertz CT molecular complexity index is 1270. The number of hydrogen-bond donors (Lipinski definition) is 2. The van der Waals surface area contributed by atoms with E-state index in [2.05, 4.69) is 9.71 Å². The molecule has 2 aliphatic rings. The SMILES string of the molecule is CC[C@@H](CNS(=O)(=O)C1CC1)N1C(=O)[C@](C)(CC(=O)O)C[C@H](c2cncc(Cl)c2)[C@H]1c1ccc(Cl)cc1. The second-order valence-corrected chi connectivity index (χ2v) is 13.2. The maximum Gasteiger partial charge on any atom is 0.304 e. The summed E-state index contributed by atoms with van der Waals surface area (Å²) in [6, 6.07) is 7.95. The topological polar surface area (TPSA) is 117 Å². The molecule has 1 amide bonds. The van der Waals surface area contributed by atoms with Gasteiger partial charge in [0.1, 0.15) is 0 Å². The van der Waals surface area contributed by atoms with Crippen LogP contribution >= 0.6 is 23.2 Å². The molecule has 8 nitrogen and oxygen atoms in total. The second-order valence-electron chi connectivity index (χ2n) is 10.2. The number of carboxylic acid groups (broad SMARTS) is 1. The van der Waals surface area contributed by atoms with Crippen molar-refractivity contribution in [1.82, 2.24) is 14.6 Å². The van der Waals surface area contributed by atoms with E-state index in [0.717, 1.165) is 11.1 Å². The zero-order valence-electron chi connectivity index (χ0n) is 20.7. The van der Waals surface area contributed by atoms with Crippen LogP contribution < -0.4 is 4.72 Å². The zero-order chi connectivity index (χ0) is 27.0. The molecule has 2 N–H and O–H groups in total. The summed E-state index contributed by atoms with van der Waals surface area (Å²) in [5.41, 5.74) is 0.364. The maximum absolute atomic E-state index is 14.2. The van der Waals surface area contributed by atoms with Gasteiger partial charge >= 0.3 is 5.97 Å². The predicted octanol–water partition coefficient (Wildman–Crippen LogP) is 4.79. The van der Waals surface area contributed by atoms with Crippen LogP contribution in [0.3, 0.4) is 0 Å². The molecule has 37 heavy (non-hydrogen) atoms. The zero-order valence-corrected chi connectivity index (χ0v) is 23.1. The minimum Gasteiger partial charge on any atom is -0.481 e. The molecule has 200 valence electrons. The molecule has 11 heteroatoms. The summed E-state index contributed by atoms with van der Waals surface area (Å²) in [6.07, 6.45) is 4.83. The lowest BCUT2D eigenvalue weighted by molar-refractivity contribution is -0.160. The molecule has 0 spiro atoms. The highest BCUT2D eigenvalue weighted by Crippen LogP contribution is 2.52. The van der Waals surface area contributed by atoms with Gasteiger partial charge in [0, 0.05) is 35.9 Å². The van der Waals surface area contributed by atoms with Crippen LogP contribution in [0.15, 0.2) is 42.7 Å². The second kappa shape index (κ2) is 10.9. The third-order valence-electron chi connectivity index (χ3n) is 7.36. The highest BCUT2D eigenvalue weighted by Gasteiger charge is 2.52. The number of carboxylic acids is 1. The first-order valence-electron chi connectivity index (χ1n) is 12.3. The maximum atomic E-state index is 14.2. The Labute approximate surface area is 227 Å². The quantitative estimate of drug-likeness (QED) is 0.426. The lowest BCUT2D eigenvalue weighted by Crippen LogP contribution is -2.58. The Morgan fingerprint density at radius 2 is 1.86 bits per heavy atom. The van der Waals surface area contributed by atoms with Gasteiger partial charge in [-0.2, -0.15) is 0 Å². The minimum atomic E-state index is -3.48. The molecular formula is C26H31Cl2N3O5S. The first kappa shape index (κ1) is 27.8. The summed E-state index contributed by atoms with van der Waals surface area (Å²) in [5, 5.41) is 10.3. The van der Waals surface area contributed by atoms with E-state index in [4.69, 9.17) is 23.2 Å². The van der Waals surface area contributed by atoms with E-state index in [-0.39, 0.29) is 31.2 Å². The van der Waals surface area contributed by atoms with Crippen LogP contribution in [0.2, 0.25) is 10.0 Å². The molecule has 1 aromatic carbocycles. The van der Waals surface area contributed by atoms with Crippen LogP contribution in [0.1, 0.15) is 69.0 Å². The van der Waals surface area contributed by atoms with Crippen molar-refractivity contribution in [2.24, 2.45) is 5.41 Å². The number of sulfonamides is 1. The van der Waals surface area contributed by atoms with Crippen LogP contribution in [0.25, 0.3) is 0 Å². The smallest absolute Gasteiger partial charge is 0.304 e. The Balaban J connectivity index is 1.83. The van der Waals surface area contributed by atoms with E-state index in [9.17, 15) is 23.1 Å². The molecule has 2 fully saturated rings. The minimum absolute atomic E-state index is 0.0365. The van der Waals surface area contributed by atoms with Crippen molar-refractivity contribution in [3.63, 3.8) is 0 Å². The molecule has 0 unspecified atom stereocenters. The average molecular weight is 569 g/mol. The summed E-state index contributed by atoms with van der Waals surface area (Å²) in [7, 11) is -3.48. The van der Waals surface area contributed by atoms with Gasteiger partial charge in [0.2, 0.25) is 15.9 Å². The van der Waals surface area contributed by atoms with Gasteiger partial charge in [-0.3, -0.25) is 14.6 Å². The van der Waals surface area contributed by atoms with Gasteiger partial charge in [0.15, 0.2) is 0 Å². The van der Waals surface area contributed by atoms with Crippen molar-refractivity contribution in [2.45, 2.75) is 69.2 Å². The summed E-state index contributed by atoms with van der Waals surface area (Å²) in [6.45, 7) is 3.59. The highest BCUT2D eigenvalue weighted by molar-refractivity contribution is 7.90. The number of likely N-dealkylation sites (tertiary alicyclic amines) is 1. The van der Waals surface area contributed by atoms with Crippen molar-refractivity contribution < 1.29 is 23.1 Å². The summed E-state index contributed by atoms with van der Waals surface area (Å²) in [5.74, 6) is -1.74. The molecule has 1 saturated heterocycles. The van der Waals surface area contributed by atoms with Crippen LogP contribution in [-0.2, 0) is 19.6 Å². The highest BCUT2D eigenvalue weighted by atomic mass is 35.5. The number of pyridine rings is 1. The Morgan fingerprint density at radius 1 is 1.19 bits per heavy atom. The number of aromatic nitrogens is 1. The van der Waals surface area contributed by atoms with Gasteiger partial charge in [-0.15, -0.1) is 0 Å². The first-order valence-corrected chi connectivity index (χ1v) is 14.6. The van der Waals surface area contributed by atoms with Gasteiger partial charge in [-0.1, -0.05) is 49.2 Å². The molecule has 2 heterocycles. The number of aliphatic carboxylic acids is 1. The van der Waals surface area contributed by atoms with Crippen LogP contribution in [-0.4, -0.2) is 53.1 Å². The standard InChI is InChI=1S/C26H31Cl2N3O5S/c1-3-20(15-30-37(35,36)21-8-9-21)31-24(16-4-6-18(27)7-5-16)22(17-10-19(28)14-29-13-17)11-26(2,25(31)34)12-23(32)33/h4-7,10,13-14,20-22,24,30H,3,8-9,11-12,15H2,1-2H3,(H,32,33)/t20-,22+,24+,26-/m0/s1. The number of nitrogens with one attached hydrogen (secondary N) is 1. The first-order chi connectivity index (χ1) is 17.4. The van der Waals surface area contributed by atoms with Crippen molar-refractivity contribution in [3.8, 4) is 0 Å². The normalized spacial score (nSPS) is 25.2. The number of halogens is 2. The average Bonchev–Trinajstić information content (AvgIpc) is 3.68. The van der Waals surface area contributed by atoms with Crippen molar-refractivity contribution in [3.05, 3.63) is 63.9 Å². The predicted molar refractivity (Wildman–Crippen MR) is 142 cm³/mol. The fourth-order valence-corrected chi connectivity index (χ4v) is 7.05. The van der Waals surface area contributed by atoms with Crippen LogP contribution in [0, 0.1) is 5.41 Å². The number of amides is 1. The number of hydrogen-bond acceptors (Lipinski definition) is 5. The van der Waals surface area contributed by atoms with E-state index in [1.54, 1.807) is 36.2 Å². The third kappa shape index (κ3) is 6.11. The van der Waals surface area contributed by atoms with Crippen LogP contribution in [0.5, 0.6) is 0 Å². The number of benzene rings is 1. The largest absolute Gasteiger partial charge is 0.481 e. The summed E-state index contributed by atoms with van der Waals surface area (Å²) < 4.78 is 28.0. The van der Waals surface area contributed by atoms with Crippen molar-refractivity contribution in [1.29, 1.82) is 0 Å². The molecule has 0 bridgehead atoms. The number of piperidine rings is 1. The molecular weight excluding hydrogens is 537 g/mol. The fraction of sp³-hybridized carbons (Fsp3) is 0.500. The lowest BCUT2D eigenvalue weighted by Gasteiger charge is -2.51. The molecule has 0 radical (unpaired) electrons. The molecule has 1 saturated carbocycles. The lowest BCUT2D eigenvalue weighted by atomic mass is 9.67. The third-order valence-corrected chi connectivity index (χ3v) is 9.73. The van der Waals surface area contributed by atoms with E-state index < -0.39 is 38.7 Å². The van der Waals surface area contributed by atoms with E-state index in [0.29, 0.717) is 29.3 Å². The van der Waals surface area contributed by atoms with Gasteiger partial charge in [0.05, 0.1) is 28.2 Å². The Kier molecular flexibility index (Phi) is 8.19. The summed E-state index contributed by atoms with van der Waals surface area (Å²) in [4.78, 5) is 32.0. The van der Waals surface area contributed by atoms with E-state index in [1.807, 2.05) is 19.1 Å². The van der Waals surface area contributed by atoms with E-state index in [1.165, 1.54) is 6.20 Å². The molecule has 1 aliphatic heterocycles. The van der Waals surface area contributed by atoms with Gasteiger partial charge in [-0.05, 0) is 55.0 Å². The number of carbonyl (C=O) groups is 2. The molecule has 2 aromatic rings. The van der Waals surface area contributed by atoms with Gasteiger partial charge < -0.3 is 10.0 Å². The van der Waals surface area contributed by atoms with Crippen molar-refractivity contribution >= 4 is 45.1 Å². The number of carbonyl (C=O) groups excluding carboxylic acids is 1.